The van der Waals surface area contributed by atoms with Gasteiger partial charge < -0.3 is 9.31 Å². The third-order valence-corrected chi connectivity index (χ3v) is 3.67. The minimum Gasteiger partial charge on any atom is -0.407 e. The summed E-state index contributed by atoms with van der Waals surface area (Å²) in [5.41, 5.74) is 1.14. The average Bonchev–Trinajstić information content (AvgIpc) is 2.39. The van der Waals surface area contributed by atoms with Gasteiger partial charge in [0, 0.05) is 18.6 Å². The van der Waals surface area contributed by atoms with Gasteiger partial charge in [-0.25, -0.2) is 0 Å². The molecule has 2 aliphatic rings. The van der Waals surface area contributed by atoms with E-state index < -0.39 is 0 Å². The van der Waals surface area contributed by atoms with Crippen molar-refractivity contribution in [1.29, 1.82) is 0 Å². The van der Waals surface area contributed by atoms with Crippen LogP contribution < -0.4 is 5.46 Å². The van der Waals surface area contributed by atoms with E-state index >= 15 is 0 Å². The van der Waals surface area contributed by atoms with Gasteiger partial charge in [-0.2, -0.15) is 0 Å². The summed E-state index contributed by atoms with van der Waals surface area (Å²) >= 11 is 0. The molecule has 1 heterocycles. The van der Waals surface area contributed by atoms with E-state index in [2.05, 4.69) is 12.1 Å². The fraction of sp³-hybridized carbons (Fsp3) is 0.538. The zero-order valence-electron chi connectivity index (χ0n) is 9.47. The zero-order chi connectivity index (χ0) is 10.8. The minimum absolute atomic E-state index is 0.138. The topological polar surface area (TPSA) is 18.5 Å². The van der Waals surface area contributed by atoms with Gasteiger partial charge in [0.25, 0.3) is 0 Å². The van der Waals surface area contributed by atoms with Crippen molar-refractivity contribution >= 4 is 12.6 Å². The Balaban J connectivity index is 1.71. The molecule has 1 saturated heterocycles. The van der Waals surface area contributed by atoms with Crippen molar-refractivity contribution in [3.63, 3.8) is 0 Å². The summed E-state index contributed by atoms with van der Waals surface area (Å²) in [6, 6.07) is 10.3. The van der Waals surface area contributed by atoms with Crippen LogP contribution >= 0.6 is 0 Å². The second-order valence-electron chi connectivity index (χ2n) is 4.80. The van der Waals surface area contributed by atoms with Crippen LogP contribution in [0.4, 0.5) is 0 Å². The second-order valence-corrected chi connectivity index (χ2v) is 4.80. The van der Waals surface area contributed by atoms with Gasteiger partial charge >= 0.3 is 7.12 Å². The Bertz CT molecular complexity index is 341. The monoisotopic (exact) mass is 216 g/mol. The first-order valence-corrected chi connectivity index (χ1v) is 6.25. The average molecular weight is 216 g/mol. The molecule has 16 heavy (non-hydrogen) atoms. The highest BCUT2D eigenvalue weighted by atomic mass is 16.6. The van der Waals surface area contributed by atoms with E-state index in [4.69, 9.17) is 9.31 Å². The van der Waals surface area contributed by atoms with E-state index in [0.717, 1.165) is 12.1 Å². The Morgan fingerprint density at radius 1 is 1.06 bits per heavy atom. The maximum atomic E-state index is 6.05. The van der Waals surface area contributed by atoms with Gasteiger partial charge in [-0.1, -0.05) is 43.2 Å². The standard InChI is InChI=1S/C13H17BO2/c1-2-7-12(8-3-1)14-15-10-11-6-4-5-9-13(11)16-14/h1-3,7-8,11,13H,4-6,9-10H2/t11-,13+/m1/s1. The molecule has 3 rings (SSSR count). The Morgan fingerprint density at radius 2 is 1.88 bits per heavy atom. The molecule has 0 radical (unpaired) electrons. The molecule has 1 aliphatic heterocycles. The van der Waals surface area contributed by atoms with Gasteiger partial charge in [-0.3, -0.25) is 0 Å². The summed E-state index contributed by atoms with van der Waals surface area (Å²) in [6.45, 7) is 0.865. The molecular formula is C13H17BO2. The number of benzene rings is 1. The number of rotatable bonds is 1. The Hall–Kier alpha value is -0.795. The highest BCUT2D eigenvalue weighted by molar-refractivity contribution is 6.61. The van der Waals surface area contributed by atoms with Crippen LogP contribution in [0.5, 0.6) is 0 Å². The lowest BCUT2D eigenvalue weighted by molar-refractivity contribution is -0.00577. The smallest absolute Gasteiger partial charge is 0.407 e. The van der Waals surface area contributed by atoms with E-state index in [-0.39, 0.29) is 7.12 Å². The molecule has 2 atom stereocenters. The molecule has 84 valence electrons. The van der Waals surface area contributed by atoms with Crippen molar-refractivity contribution in [2.45, 2.75) is 31.8 Å². The van der Waals surface area contributed by atoms with Gasteiger partial charge in [0.05, 0.1) is 0 Å². The summed E-state index contributed by atoms with van der Waals surface area (Å²) in [5, 5.41) is 0. The van der Waals surface area contributed by atoms with Crippen LogP contribution in [0.2, 0.25) is 0 Å². The van der Waals surface area contributed by atoms with Crippen molar-refractivity contribution in [3.8, 4) is 0 Å². The first-order chi connectivity index (χ1) is 7.93. The van der Waals surface area contributed by atoms with Crippen LogP contribution in [0, 0.1) is 5.92 Å². The van der Waals surface area contributed by atoms with Gasteiger partial charge in [-0.05, 0) is 18.3 Å². The summed E-state index contributed by atoms with van der Waals surface area (Å²) < 4.78 is 11.9. The van der Waals surface area contributed by atoms with E-state index in [1.807, 2.05) is 18.2 Å². The van der Waals surface area contributed by atoms with E-state index in [1.54, 1.807) is 0 Å². The molecule has 1 saturated carbocycles. The third-order valence-electron chi connectivity index (χ3n) is 3.67. The van der Waals surface area contributed by atoms with E-state index in [1.165, 1.54) is 25.7 Å². The largest absolute Gasteiger partial charge is 0.494 e. The highest BCUT2D eigenvalue weighted by Crippen LogP contribution is 2.30. The summed E-state index contributed by atoms with van der Waals surface area (Å²) in [7, 11) is -0.138. The molecular weight excluding hydrogens is 199 g/mol. The van der Waals surface area contributed by atoms with Crippen LogP contribution in [0.15, 0.2) is 30.3 Å². The molecule has 3 heteroatoms. The van der Waals surface area contributed by atoms with Crippen molar-refractivity contribution in [1.82, 2.24) is 0 Å². The lowest BCUT2D eigenvalue weighted by atomic mass is 9.74. The van der Waals surface area contributed by atoms with Crippen molar-refractivity contribution < 1.29 is 9.31 Å². The van der Waals surface area contributed by atoms with E-state index in [0.29, 0.717) is 12.0 Å². The quantitative estimate of drug-likeness (QED) is 0.668. The lowest BCUT2D eigenvalue weighted by Gasteiger charge is -2.38. The van der Waals surface area contributed by atoms with Gasteiger partial charge in [0.15, 0.2) is 0 Å². The fourth-order valence-electron chi connectivity index (χ4n) is 2.74. The summed E-state index contributed by atoms with van der Waals surface area (Å²) in [5.74, 6) is 0.633. The van der Waals surface area contributed by atoms with Gasteiger partial charge in [0.2, 0.25) is 0 Å². The molecule has 0 aromatic heterocycles. The molecule has 0 spiro atoms. The molecule has 0 N–H and O–H groups in total. The fourth-order valence-corrected chi connectivity index (χ4v) is 2.74. The highest BCUT2D eigenvalue weighted by Gasteiger charge is 2.37. The van der Waals surface area contributed by atoms with Crippen LogP contribution in [-0.2, 0) is 9.31 Å². The van der Waals surface area contributed by atoms with Gasteiger partial charge in [-0.15, -0.1) is 0 Å². The van der Waals surface area contributed by atoms with E-state index in [9.17, 15) is 0 Å². The van der Waals surface area contributed by atoms with Crippen molar-refractivity contribution in [2.75, 3.05) is 6.61 Å². The Kier molecular flexibility index (Phi) is 2.98. The summed E-state index contributed by atoms with van der Waals surface area (Å²) in [6.07, 6.45) is 5.54. The molecule has 2 fully saturated rings. The SMILES string of the molecule is c1ccc(B2OC[C@H]3CCCC[C@@H]3O2)cc1. The lowest BCUT2D eigenvalue weighted by Crippen LogP contribution is -2.49. The maximum Gasteiger partial charge on any atom is 0.494 e. The minimum atomic E-state index is -0.138. The number of hydrogen-bond acceptors (Lipinski definition) is 2. The Labute approximate surface area is 97.1 Å². The molecule has 1 aliphatic carbocycles. The molecule has 2 nitrogen and oxygen atoms in total. The molecule has 0 unspecified atom stereocenters. The second kappa shape index (κ2) is 4.60. The van der Waals surface area contributed by atoms with Gasteiger partial charge in [0.1, 0.15) is 0 Å². The molecule has 0 bridgehead atoms. The first kappa shape index (κ1) is 10.4. The van der Waals surface area contributed by atoms with Crippen molar-refractivity contribution in [2.24, 2.45) is 5.92 Å². The van der Waals surface area contributed by atoms with Crippen LogP contribution in [0.25, 0.3) is 0 Å². The van der Waals surface area contributed by atoms with Crippen LogP contribution in [-0.4, -0.2) is 19.8 Å². The number of hydrogen-bond donors (Lipinski definition) is 0. The molecule has 1 aromatic rings. The van der Waals surface area contributed by atoms with Crippen LogP contribution in [0.1, 0.15) is 25.7 Å². The number of fused-ring (bicyclic) bond motifs is 1. The molecule has 0 amide bonds. The van der Waals surface area contributed by atoms with Crippen LogP contribution in [0.3, 0.4) is 0 Å². The third kappa shape index (κ3) is 2.02. The summed E-state index contributed by atoms with van der Waals surface area (Å²) in [4.78, 5) is 0. The maximum absolute atomic E-state index is 6.05. The Morgan fingerprint density at radius 3 is 2.75 bits per heavy atom. The molecule has 1 aromatic carbocycles. The van der Waals surface area contributed by atoms with Crippen molar-refractivity contribution in [3.05, 3.63) is 30.3 Å². The predicted octanol–water partition coefficient (Wildman–Crippen LogP) is 1.99. The normalized spacial score (nSPS) is 29.9. The zero-order valence-corrected chi connectivity index (χ0v) is 9.47. The predicted molar refractivity (Wildman–Crippen MR) is 64.6 cm³/mol. The first-order valence-electron chi connectivity index (χ1n) is 6.25.